The zero-order valence-electron chi connectivity index (χ0n) is 31.9. The van der Waals surface area contributed by atoms with Crippen LogP contribution < -0.4 is 16.0 Å². The number of alkyl carbamates (subject to hydrolysis) is 1. The lowest BCUT2D eigenvalue weighted by atomic mass is 9.81. The van der Waals surface area contributed by atoms with Crippen LogP contribution in [0.4, 0.5) is 10.5 Å². The van der Waals surface area contributed by atoms with Gasteiger partial charge in [0.25, 0.3) is 5.91 Å². The van der Waals surface area contributed by atoms with E-state index in [2.05, 4.69) is 36.6 Å². The van der Waals surface area contributed by atoms with Gasteiger partial charge in [0.05, 0.1) is 13.2 Å². The molecule has 1 saturated heterocycles. The molecular weight excluding hydrogens is 701 g/mol. The van der Waals surface area contributed by atoms with Crippen LogP contribution in [0.5, 0.6) is 0 Å². The number of carbonyl (C=O) groups is 4. The fourth-order valence-electron chi connectivity index (χ4n) is 6.96. The summed E-state index contributed by atoms with van der Waals surface area (Å²) in [4.78, 5) is 54.7. The number of anilines is 1. The first kappa shape index (κ1) is 39.1. The highest BCUT2D eigenvalue weighted by molar-refractivity contribution is 5.98. The summed E-state index contributed by atoms with van der Waals surface area (Å²) in [6, 6.07) is 19.9. The van der Waals surface area contributed by atoms with Crippen molar-refractivity contribution < 1.29 is 28.7 Å². The molecule has 290 valence electrons. The Kier molecular flexibility index (Phi) is 12.6. The van der Waals surface area contributed by atoms with E-state index in [4.69, 9.17) is 9.47 Å². The first-order valence-corrected chi connectivity index (χ1v) is 18.9. The van der Waals surface area contributed by atoms with Crippen LogP contribution >= 0.6 is 0 Å². The Hall–Kier alpha value is -5.63. The van der Waals surface area contributed by atoms with E-state index in [9.17, 15) is 19.2 Å². The summed E-state index contributed by atoms with van der Waals surface area (Å²) in [5.41, 5.74) is 5.16. The van der Waals surface area contributed by atoms with Crippen LogP contribution in [0.15, 0.2) is 66.7 Å². The van der Waals surface area contributed by atoms with Gasteiger partial charge in [0.15, 0.2) is 0 Å². The van der Waals surface area contributed by atoms with Gasteiger partial charge in [0.1, 0.15) is 11.6 Å². The number of hydrogen-bond acceptors (Lipinski definition) is 9. The lowest BCUT2D eigenvalue weighted by Crippen LogP contribution is -2.48. The van der Waals surface area contributed by atoms with Gasteiger partial charge >= 0.3 is 6.09 Å². The van der Waals surface area contributed by atoms with Crippen molar-refractivity contribution in [3.8, 4) is 22.5 Å². The molecule has 2 heterocycles. The molecule has 2 aliphatic rings. The van der Waals surface area contributed by atoms with E-state index < -0.39 is 17.7 Å². The lowest BCUT2D eigenvalue weighted by Gasteiger charge is -2.29. The van der Waals surface area contributed by atoms with E-state index in [0.29, 0.717) is 62.8 Å². The van der Waals surface area contributed by atoms with Crippen molar-refractivity contribution in [2.45, 2.75) is 71.4 Å². The third-order valence-corrected chi connectivity index (χ3v) is 10.0. The number of carbonyl (C=O) groups excluding carboxylic acids is 4. The molecule has 1 aliphatic heterocycles. The Balaban J connectivity index is 1.13. The molecule has 2 fully saturated rings. The minimum Gasteiger partial charge on any atom is -0.444 e. The fraction of sp³-hybridized carbons (Fsp3) is 0.439. The molecule has 0 spiro atoms. The average Bonchev–Trinajstić information content (AvgIpc) is 3.73. The van der Waals surface area contributed by atoms with Crippen LogP contribution in [0.2, 0.25) is 0 Å². The molecule has 1 atom stereocenters. The van der Waals surface area contributed by atoms with Gasteiger partial charge in [-0.2, -0.15) is 5.21 Å². The number of H-pyrrole nitrogens is 1. The van der Waals surface area contributed by atoms with Crippen molar-refractivity contribution in [1.29, 1.82) is 0 Å². The van der Waals surface area contributed by atoms with Gasteiger partial charge in [0.2, 0.25) is 17.6 Å². The van der Waals surface area contributed by atoms with Crippen molar-refractivity contribution in [2.75, 3.05) is 38.2 Å². The fourth-order valence-corrected chi connectivity index (χ4v) is 6.96. The van der Waals surface area contributed by atoms with Crippen molar-refractivity contribution in [3.63, 3.8) is 0 Å². The third-order valence-electron chi connectivity index (χ3n) is 10.0. The Morgan fingerprint density at radius 2 is 1.62 bits per heavy atom. The number of rotatable bonds is 11. The number of amides is 4. The Labute approximate surface area is 321 Å². The third kappa shape index (κ3) is 10.7. The van der Waals surface area contributed by atoms with Gasteiger partial charge in [-0.25, -0.2) is 4.79 Å². The molecule has 3 aromatic carbocycles. The summed E-state index contributed by atoms with van der Waals surface area (Å²) < 4.78 is 10.8. The number of aryl methyl sites for hydroxylation is 1. The maximum absolute atomic E-state index is 13.9. The summed E-state index contributed by atoms with van der Waals surface area (Å²) in [6.07, 6.45) is 2.68. The molecule has 1 unspecified atom stereocenters. The first-order chi connectivity index (χ1) is 26.4. The first-order valence-electron chi connectivity index (χ1n) is 18.9. The average molecular weight is 751 g/mol. The van der Waals surface area contributed by atoms with Crippen molar-refractivity contribution >= 4 is 29.5 Å². The van der Waals surface area contributed by atoms with Crippen LogP contribution in [-0.4, -0.2) is 93.8 Å². The smallest absolute Gasteiger partial charge is 0.407 e. The predicted molar refractivity (Wildman–Crippen MR) is 207 cm³/mol. The molecule has 4 aromatic rings. The molecule has 4 amide bonds. The number of nitrogens with zero attached hydrogens (tertiary/aromatic N) is 4. The van der Waals surface area contributed by atoms with Crippen LogP contribution in [0.25, 0.3) is 22.5 Å². The molecule has 1 aliphatic carbocycles. The number of morpholine rings is 1. The largest absolute Gasteiger partial charge is 0.444 e. The number of benzene rings is 3. The number of tetrazole rings is 1. The SMILES string of the molecule is Cc1ccc(C(=O)N2CCOCC2)cc1-c1ccc(CC(NC(=O)C2CCC(CNC(=O)OC(C)(C)C)CC2)C(=O)Nc2ccc(-c3nn[nH]n3)cc2)cc1. The van der Waals surface area contributed by atoms with Gasteiger partial charge in [-0.05, 0) is 123 Å². The maximum Gasteiger partial charge on any atom is 0.407 e. The maximum atomic E-state index is 13.9. The van der Waals surface area contributed by atoms with E-state index in [1.165, 1.54) is 0 Å². The van der Waals surface area contributed by atoms with Crippen molar-refractivity contribution in [3.05, 3.63) is 83.4 Å². The highest BCUT2D eigenvalue weighted by atomic mass is 16.6. The Morgan fingerprint density at radius 3 is 2.27 bits per heavy atom. The minimum absolute atomic E-state index is 0.0128. The van der Waals surface area contributed by atoms with Crippen LogP contribution in [0, 0.1) is 18.8 Å². The zero-order chi connectivity index (χ0) is 39.0. The summed E-state index contributed by atoms with van der Waals surface area (Å²) in [7, 11) is 0. The van der Waals surface area contributed by atoms with E-state index in [1.54, 1.807) is 24.3 Å². The van der Waals surface area contributed by atoms with E-state index in [-0.39, 0.29) is 36.0 Å². The summed E-state index contributed by atoms with van der Waals surface area (Å²) in [5.74, 6) is -0.0922. The van der Waals surface area contributed by atoms with E-state index >= 15 is 0 Å². The van der Waals surface area contributed by atoms with Crippen LogP contribution in [-0.2, 0) is 25.5 Å². The van der Waals surface area contributed by atoms with Gasteiger partial charge < -0.3 is 30.3 Å². The molecule has 14 heteroatoms. The quantitative estimate of drug-likeness (QED) is 0.158. The summed E-state index contributed by atoms with van der Waals surface area (Å²) in [5, 5.41) is 22.9. The normalized spacial score (nSPS) is 17.9. The molecule has 55 heavy (non-hydrogen) atoms. The Morgan fingerprint density at radius 1 is 0.927 bits per heavy atom. The second-order valence-corrected chi connectivity index (χ2v) is 15.3. The number of hydrogen-bond donors (Lipinski definition) is 4. The van der Waals surface area contributed by atoms with Gasteiger partial charge in [-0.3, -0.25) is 14.4 Å². The number of nitrogens with one attached hydrogen (secondary N) is 4. The minimum atomic E-state index is -0.849. The highest BCUT2D eigenvalue weighted by Crippen LogP contribution is 2.30. The second-order valence-electron chi connectivity index (χ2n) is 15.3. The number of aromatic nitrogens is 4. The summed E-state index contributed by atoms with van der Waals surface area (Å²) >= 11 is 0. The molecule has 1 saturated carbocycles. The van der Waals surface area contributed by atoms with Crippen LogP contribution in [0.1, 0.15) is 67.9 Å². The predicted octanol–water partition coefficient (Wildman–Crippen LogP) is 5.31. The molecule has 14 nitrogen and oxygen atoms in total. The van der Waals surface area contributed by atoms with Gasteiger partial charge in [0, 0.05) is 48.8 Å². The van der Waals surface area contributed by atoms with Gasteiger partial charge in [-0.1, -0.05) is 30.3 Å². The molecule has 6 rings (SSSR count). The van der Waals surface area contributed by atoms with Crippen molar-refractivity contribution in [2.24, 2.45) is 11.8 Å². The summed E-state index contributed by atoms with van der Waals surface area (Å²) in [6.45, 7) is 10.2. The zero-order valence-corrected chi connectivity index (χ0v) is 31.9. The van der Waals surface area contributed by atoms with Crippen LogP contribution in [0.3, 0.4) is 0 Å². The molecule has 0 radical (unpaired) electrons. The molecular formula is C41H50N8O6. The monoisotopic (exact) mass is 750 g/mol. The van der Waals surface area contributed by atoms with E-state index in [1.807, 2.05) is 75.1 Å². The lowest BCUT2D eigenvalue weighted by molar-refractivity contribution is -0.130. The number of aromatic amines is 1. The van der Waals surface area contributed by atoms with Crippen molar-refractivity contribution in [1.82, 2.24) is 36.2 Å². The molecule has 1 aromatic heterocycles. The standard InChI is InChI=1S/C41H50N8O6/c1-26-5-10-32(39(52)49-19-21-54-22-20-49)24-34(26)29-11-6-27(7-12-29)23-35(38(51)43-33-17-15-30(16-18-33)36-45-47-48-46-36)44-37(50)31-13-8-28(9-14-31)25-42-40(53)55-41(2,3)4/h5-7,10-12,15-18,24,28,31,35H,8-9,13-14,19-23,25H2,1-4H3,(H,42,53)(H,43,51)(H,44,50)(H,45,46,47,48). The van der Waals surface area contributed by atoms with Gasteiger partial charge in [-0.15, -0.1) is 10.2 Å². The number of ether oxygens (including phenoxy) is 2. The second kappa shape index (κ2) is 17.7. The topological polar surface area (TPSA) is 181 Å². The Bertz CT molecular complexity index is 1930. The highest BCUT2D eigenvalue weighted by Gasteiger charge is 2.30. The van der Waals surface area contributed by atoms with E-state index in [0.717, 1.165) is 40.7 Å². The molecule has 0 bridgehead atoms. The molecule has 4 N–H and O–H groups in total.